The first kappa shape index (κ1) is 11.2. The molecule has 0 N–H and O–H groups in total. The van der Waals surface area contributed by atoms with Gasteiger partial charge in [0, 0.05) is 6.21 Å². The van der Waals surface area contributed by atoms with Crippen molar-refractivity contribution in [3.05, 3.63) is 64.1 Å². The molecule has 0 unspecified atom stereocenters. The Labute approximate surface area is 104 Å². The minimum absolute atomic E-state index is 0.483. The lowest BCUT2D eigenvalue weighted by molar-refractivity contribution is 1.52. The van der Waals surface area contributed by atoms with Crippen molar-refractivity contribution in [3.63, 3.8) is 0 Å². The van der Waals surface area contributed by atoms with Gasteiger partial charge in [0.1, 0.15) is 0 Å². The van der Waals surface area contributed by atoms with Crippen LogP contribution in [0, 0.1) is 0 Å². The zero-order valence-corrected chi connectivity index (χ0v) is 9.91. The van der Waals surface area contributed by atoms with E-state index in [4.69, 9.17) is 23.2 Å². The average Bonchev–Trinajstić information content (AvgIpc) is 2.32. The van der Waals surface area contributed by atoms with Crippen LogP contribution in [-0.2, 0) is 0 Å². The molecule has 16 heavy (non-hydrogen) atoms. The van der Waals surface area contributed by atoms with Gasteiger partial charge in [-0.3, -0.25) is 4.99 Å². The summed E-state index contributed by atoms with van der Waals surface area (Å²) in [6, 6.07) is 15.2. The molecule has 0 aliphatic heterocycles. The van der Waals surface area contributed by atoms with E-state index in [2.05, 4.69) is 4.99 Å². The van der Waals surface area contributed by atoms with Crippen molar-refractivity contribution in [3.8, 4) is 0 Å². The zero-order chi connectivity index (χ0) is 11.4. The van der Waals surface area contributed by atoms with E-state index < -0.39 is 0 Å². The fraction of sp³-hybridized carbons (Fsp3) is 0. The molecule has 0 spiro atoms. The summed E-state index contributed by atoms with van der Waals surface area (Å²) in [6.45, 7) is 0. The van der Waals surface area contributed by atoms with Gasteiger partial charge in [-0.15, -0.1) is 0 Å². The zero-order valence-electron chi connectivity index (χ0n) is 8.40. The summed E-state index contributed by atoms with van der Waals surface area (Å²) < 4.78 is 0. The smallest absolute Gasteiger partial charge is 0.0848 e. The molecule has 0 amide bonds. The topological polar surface area (TPSA) is 12.4 Å². The number of rotatable bonds is 2. The quantitative estimate of drug-likeness (QED) is 0.682. The molecule has 0 saturated carbocycles. The first-order valence-electron chi connectivity index (χ1n) is 4.80. The molecule has 0 aliphatic carbocycles. The lowest BCUT2D eigenvalue weighted by Gasteiger charge is -1.99. The highest BCUT2D eigenvalue weighted by molar-refractivity contribution is 6.43. The molecule has 0 aliphatic rings. The number of benzene rings is 2. The Bertz CT molecular complexity index is 507. The van der Waals surface area contributed by atoms with Crippen molar-refractivity contribution in [2.45, 2.75) is 0 Å². The van der Waals surface area contributed by atoms with Gasteiger partial charge in [0.15, 0.2) is 0 Å². The lowest BCUT2D eigenvalue weighted by atomic mass is 10.2. The fourth-order valence-corrected chi connectivity index (χ4v) is 1.62. The van der Waals surface area contributed by atoms with Crippen molar-refractivity contribution in [2.75, 3.05) is 0 Å². The minimum atomic E-state index is 0.483. The third-order valence-corrected chi connectivity index (χ3v) is 2.89. The Morgan fingerprint density at radius 3 is 2.38 bits per heavy atom. The molecule has 0 heterocycles. The van der Waals surface area contributed by atoms with Gasteiger partial charge in [0.25, 0.3) is 0 Å². The normalized spacial score (nSPS) is 10.9. The van der Waals surface area contributed by atoms with Crippen molar-refractivity contribution >= 4 is 35.1 Å². The molecule has 80 valence electrons. The molecular weight excluding hydrogens is 241 g/mol. The molecule has 0 radical (unpaired) electrons. The van der Waals surface area contributed by atoms with Crippen LogP contribution in [0.5, 0.6) is 0 Å². The number of aliphatic imine (C=N–C) groups is 1. The van der Waals surface area contributed by atoms with Crippen molar-refractivity contribution < 1.29 is 0 Å². The van der Waals surface area contributed by atoms with Gasteiger partial charge in [-0.2, -0.15) is 0 Å². The van der Waals surface area contributed by atoms with Crippen molar-refractivity contribution in [1.29, 1.82) is 0 Å². The van der Waals surface area contributed by atoms with Crippen LogP contribution < -0.4 is 0 Å². The molecular formula is C13H9Cl2N. The largest absolute Gasteiger partial charge is 0.255 e. The summed E-state index contributed by atoms with van der Waals surface area (Å²) >= 11 is 11.9. The Balaban J connectivity index is 2.28. The van der Waals surface area contributed by atoms with Gasteiger partial charge in [-0.05, 0) is 17.7 Å². The van der Waals surface area contributed by atoms with Crippen LogP contribution in [0.3, 0.4) is 0 Å². The van der Waals surface area contributed by atoms with Crippen molar-refractivity contribution in [2.24, 2.45) is 4.99 Å². The summed E-state index contributed by atoms with van der Waals surface area (Å²) in [5.74, 6) is 0. The van der Waals surface area contributed by atoms with E-state index in [0.717, 1.165) is 5.56 Å². The number of nitrogens with zero attached hydrogens (tertiary/aromatic N) is 1. The fourth-order valence-electron chi connectivity index (χ4n) is 1.28. The molecule has 2 aromatic rings. The number of hydrogen-bond acceptors (Lipinski definition) is 1. The molecule has 3 heteroatoms. The summed E-state index contributed by atoms with van der Waals surface area (Å²) in [5, 5.41) is 1.00. The van der Waals surface area contributed by atoms with Gasteiger partial charge in [0.2, 0.25) is 0 Å². The van der Waals surface area contributed by atoms with Crippen LogP contribution in [0.15, 0.2) is 53.5 Å². The second kappa shape index (κ2) is 5.15. The average molecular weight is 250 g/mol. The van der Waals surface area contributed by atoms with E-state index in [-0.39, 0.29) is 0 Å². The van der Waals surface area contributed by atoms with E-state index in [1.807, 2.05) is 42.5 Å². The lowest BCUT2D eigenvalue weighted by Crippen LogP contribution is -1.78. The van der Waals surface area contributed by atoms with Gasteiger partial charge in [-0.25, -0.2) is 0 Å². The second-order valence-corrected chi connectivity index (χ2v) is 4.03. The minimum Gasteiger partial charge on any atom is -0.255 e. The highest BCUT2D eigenvalue weighted by atomic mass is 35.5. The van der Waals surface area contributed by atoms with Crippen LogP contribution in [-0.4, -0.2) is 6.21 Å². The number of halogens is 2. The number of hydrogen-bond donors (Lipinski definition) is 0. The third-order valence-electron chi connectivity index (χ3n) is 2.08. The maximum absolute atomic E-state index is 6.01. The maximum Gasteiger partial charge on any atom is 0.0848 e. The predicted octanol–water partition coefficient (Wildman–Crippen LogP) is 4.74. The van der Waals surface area contributed by atoms with Crippen LogP contribution in [0.25, 0.3) is 0 Å². The third kappa shape index (κ3) is 2.63. The Morgan fingerprint density at radius 2 is 1.62 bits per heavy atom. The summed E-state index contributed by atoms with van der Waals surface area (Å²) in [6.07, 6.45) is 1.76. The summed E-state index contributed by atoms with van der Waals surface area (Å²) in [5.41, 5.74) is 1.71. The molecule has 2 rings (SSSR count). The standard InChI is InChI=1S/C13H9Cl2N/c14-11-7-4-8-12(13(11)15)16-9-10-5-2-1-3-6-10/h1-9H/b16-9+. The Hall–Kier alpha value is -1.31. The molecule has 0 bridgehead atoms. The van der Waals surface area contributed by atoms with E-state index in [1.54, 1.807) is 12.3 Å². The van der Waals surface area contributed by atoms with Gasteiger partial charge >= 0.3 is 0 Å². The molecule has 1 nitrogen and oxygen atoms in total. The predicted molar refractivity (Wildman–Crippen MR) is 70.2 cm³/mol. The summed E-state index contributed by atoms with van der Waals surface area (Å²) in [7, 11) is 0. The van der Waals surface area contributed by atoms with E-state index in [0.29, 0.717) is 15.7 Å². The van der Waals surface area contributed by atoms with Crippen LogP contribution in [0.2, 0.25) is 10.0 Å². The molecule has 0 aromatic heterocycles. The highest BCUT2D eigenvalue weighted by Crippen LogP contribution is 2.31. The van der Waals surface area contributed by atoms with Gasteiger partial charge in [-0.1, -0.05) is 59.6 Å². The SMILES string of the molecule is Clc1cccc(/N=C/c2ccccc2)c1Cl. The Kier molecular flexibility index (Phi) is 3.60. The highest BCUT2D eigenvalue weighted by Gasteiger charge is 2.01. The van der Waals surface area contributed by atoms with Gasteiger partial charge < -0.3 is 0 Å². The van der Waals surface area contributed by atoms with Crippen LogP contribution in [0.4, 0.5) is 5.69 Å². The van der Waals surface area contributed by atoms with E-state index in [9.17, 15) is 0 Å². The van der Waals surface area contributed by atoms with E-state index in [1.165, 1.54) is 0 Å². The van der Waals surface area contributed by atoms with E-state index >= 15 is 0 Å². The first-order valence-corrected chi connectivity index (χ1v) is 5.56. The second-order valence-electron chi connectivity index (χ2n) is 3.24. The molecule has 0 fully saturated rings. The Morgan fingerprint density at radius 1 is 0.875 bits per heavy atom. The molecule has 0 saturated heterocycles. The molecule has 0 atom stereocenters. The van der Waals surface area contributed by atoms with Crippen LogP contribution >= 0.6 is 23.2 Å². The summed E-state index contributed by atoms with van der Waals surface area (Å²) in [4.78, 5) is 4.30. The molecule has 2 aromatic carbocycles. The maximum atomic E-state index is 6.01. The first-order chi connectivity index (χ1) is 7.77. The van der Waals surface area contributed by atoms with Gasteiger partial charge in [0.05, 0.1) is 15.7 Å². The van der Waals surface area contributed by atoms with Crippen LogP contribution in [0.1, 0.15) is 5.56 Å². The monoisotopic (exact) mass is 249 g/mol. The van der Waals surface area contributed by atoms with Crippen molar-refractivity contribution in [1.82, 2.24) is 0 Å².